The van der Waals surface area contributed by atoms with Gasteiger partial charge < -0.3 is 30.5 Å². The van der Waals surface area contributed by atoms with E-state index >= 15 is 0 Å². The van der Waals surface area contributed by atoms with Crippen molar-refractivity contribution in [3.8, 4) is 11.8 Å². The van der Waals surface area contributed by atoms with Gasteiger partial charge in [0.05, 0.1) is 23.2 Å². The Labute approximate surface area is 241 Å². The van der Waals surface area contributed by atoms with Crippen LogP contribution in [0, 0.1) is 23.0 Å². The fourth-order valence-corrected chi connectivity index (χ4v) is 5.18. The molecule has 1 atom stereocenters. The van der Waals surface area contributed by atoms with Crippen molar-refractivity contribution in [3.63, 3.8) is 0 Å². The Morgan fingerprint density at radius 1 is 1.22 bits per heavy atom. The smallest absolute Gasteiger partial charge is 0.252 e. The molecule has 0 aliphatic carbocycles. The number of aliphatic imine (C=N–C) groups is 2. The summed E-state index contributed by atoms with van der Waals surface area (Å²) in [6.45, 7) is 5.28. The Hall–Kier alpha value is -4.05. The highest BCUT2D eigenvalue weighted by Gasteiger charge is 2.35. The van der Waals surface area contributed by atoms with Gasteiger partial charge in [-0.05, 0) is 37.2 Å². The second kappa shape index (κ2) is 13.1. The number of hydrogen-bond acceptors (Lipinski definition) is 9. The number of carbonyl (C=O) groups excluding carboxylic acids is 1. The van der Waals surface area contributed by atoms with Crippen molar-refractivity contribution in [1.82, 2.24) is 20.4 Å². The standard InChI is InChI=1S/C28H29ClF2N8O2/c29-21-16-18(2-3-19(21)28(40)35-7-1-11-38-12-8-33-9-13-38)37-26-27-36-17-22(39(27)14-10-34-26)20-4-5-23(41-15-6-32)25(31)24(20)30/h2-5,10,14,16,22,33H,1,7-9,11-13,15,17H2,(H,34,37)(H,35,40). The van der Waals surface area contributed by atoms with Crippen LogP contribution in [0.15, 0.2) is 52.7 Å². The monoisotopic (exact) mass is 582 g/mol. The first kappa shape index (κ1) is 28.5. The van der Waals surface area contributed by atoms with Crippen LogP contribution in [0.5, 0.6) is 5.75 Å². The third-order valence-corrected chi connectivity index (χ3v) is 7.30. The quantitative estimate of drug-likeness (QED) is 0.388. The third-order valence-electron chi connectivity index (χ3n) is 6.99. The normalized spacial score (nSPS) is 18.3. The van der Waals surface area contributed by atoms with Crippen molar-refractivity contribution in [2.24, 2.45) is 9.98 Å². The van der Waals surface area contributed by atoms with E-state index < -0.39 is 17.7 Å². The number of rotatable bonds is 9. The zero-order chi connectivity index (χ0) is 28.8. The van der Waals surface area contributed by atoms with Crippen molar-refractivity contribution in [2.75, 3.05) is 57.7 Å². The summed E-state index contributed by atoms with van der Waals surface area (Å²) in [6, 6.07) is 8.84. The molecular weight excluding hydrogens is 554 g/mol. The number of piperazine rings is 1. The van der Waals surface area contributed by atoms with E-state index in [9.17, 15) is 13.6 Å². The van der Waals surface area contributed by atoms with Gasteiger partial charge in [-0.3, -0.25) is 9.79 Å². The summed E-state index contributed by atoms with van der Waals surface area (Å²) < 4.78 is 34.4. The molecule has 3 aliphatic heterocycles. The van der Waals surface area contributed by atoms with E-state index in [-0.39, 0.29) is 35.4 Å². The molecule has 0 saturated carbocycles. The Morgan fingerprint density at radius 2 is 2.05 bits per heavy atom. The second-order valence-corrected chi connectivity index (χ2v) is 10.0. The van der Waals surface area contributed by atoms with Crippen LogP contribution in [0.4, 0.5) is 14.5 Å². The lowest BCUT2D eigenvalue weighted by molar-refractivity contribution is 0.0951. The molecule has 0 spiro atoms. The molecule has 1 unspecified atom stereocenters. The van der Waals surface area contributed by atoms with Gasteiger partial charge in [-0.2, -0.15) is 9.65 Å². The summed E-state index contributed by atoms with van der Waals surface area (Å²) in [5, 5.41) is 18.3. The van der Waals surface area contributed by atoms with Crippen molar-refractivity contribution >= 4 is 34.9 Å². The number of nitrogens with one attached hydrogen (secondary N) is 3. The van der Waals surface area contributed by atoms with Gasteiger partial charge in [0.25, 0.3) is 5.91 Å². The molecule has 1 fully saturated rings. The zero-order valence-electron chi connectivity index (χ0n) is 22.2. The fourth-order valence-electron chi connectivity index (χ4n) is 4.91. The molecule has 2 aromatic rings. The maximum absolute atomic E-state index is 14.9. The van der Waals surface area contributed by atoms with Gasteiger partial charge in [0.1, 0.15) is 6.07 Å². The number of amidine groups is 2. The molecule has 5 rings (SSSR count). The molecule has 3 heterocycles. The van der Waals surface area contributed by atoms with Crippen LogP contribution < -0.4 is 20.7 Å². The topological polar surface area (TPSA) is 117 Å². The summed E-state index contributed by atoms with van der Waals surface area (Å²) in [7, 11) is 0. The number of nitrogens with zero attached hydrogens (tertiary/aromatic N) is 5. The molecule has 1 saturated heterocycles. The van der Waals surface area contributed by atoms with E-state index in [4.69, 9.17) is 21.6 Å². The SMILES string of the molecule is N#CCOc1ccc(C2CN=C3C(Nc4ccc(C(=O)NCCCN5CCNCC5)c(Cl)c4)=NC=CN32)c(F)c1F. The maximum atomic E-state index is 14.9. The average molecular weight is 583 g/mol. The number of hydrogen-bond donors (Lipinski definition) is 3. The molecule has 3 N–H and O–H groups in total. The first-order chi connectivity index (χ1) is 20.0. The van der Waals surface area contributed by atoms with Crippen molar-refractivity contribution < 1.29 is 18.3 Å². The van der Waals surface area contributed by atoms with E-state index in [2.05, 4.69) is 30.8 Å². The molecule has 0 radical (unpaired) electrons. The number of benzene rings is 2. The highest BCUT2D eigenvalue weighted by atomic mass is 35.5. The number of anilines is 1. The van der Waals surface area contributed by atoms with Gasteiger partial charge in [0.2, 0.25) is 5.82 Å². The van der Waals surface area contributed by atoms with Gasteiger partial charge in [-0.25, -0.2) is 9.38 Å². The van der Waals surface area contributed by atoms with E-state index in [1.165, 1.54) is 18.3 Å². The van der Waals surface area contributed by atoms with Gasteiger partial charge in [0, 0.05) is 56.4 Å². The van der Waals surface area contributed by atoms with Crippen molar-refractivity contribution in [2.45, 2.75) is 12.5 Å². The number of amides is 1. The zero-order valence-corrected chi connectivity index (χ0v) is 22.9. The van der Waals surface area contributed by atoms with E-state index in [1.54, 1.807) is 35.4 Å². The number of carbonyl (C=O) groups is 1. The van der Waals surface area contributed by atoms with Gasteiger partial charge >= 0.3 is 0 Å². The van der Waals surface area contributed by atoms with Crippen LogP contribution in [-0.2, 0) is 0 Å². The molecule has 41 heavy (non-hydrogen) atoms. The number of halogens is 3. The van der Waals surface area contributed by atoms with Crippen molar-refractivity contribution in [1.29, 1.82) is 5.26 Å². The first-order valence-corrected chi connectivity index (χ1v) is 13.7. The highest BCUT2D eigenvalue weighted by molar-refractivity contribution is 6.46. The minimum absolute atomic E-state index is 0.0998. The lowest BCUT2D eigenvalue weighted by Crippen LogP contribution is -2.44. The number of fused-ring (bicyclic) bond motifs is 1. The average Bonchev–Trinajstić information content (AvgIpc) is 3.41. The van der Waals surface area contributed by atoms with Gasteiger partial charge in [-0.1, -0.05) is 17.7 Å². The Kier molecular flexibility index (Phi) is 9.08. The summed E-state index contributed by atoms with van der Waals surface area (Å²) in [5.74, 6) is -1.94. The minimum atomic E-state index is -1.16. The largest absolute Gasteiger partial charge is 0.476 e. The first-order valence-electron chi connectivity index (χ1n) is 13.3. The summed E-state index contributed by atoms with van der Waals surface area (Å²) in [6.07, 6.45) is 4.02. The summed E-state index contributed by atoms with van der Waals surface area (Å²) in [5.41, 5.74) is 1.05. The van der Waals surface area contributed by atoms with E-state index in [1.807, 2.05) is 0 Å². The molecule has 1 amide bonds. The molecule has 3 aliphatic rings. The lowest BCUT2D eigenvalue weighted by Gasteiger charge is -2.27. The molecule has 13 heteroatoms. The molecule has 214 valence electrons. The van der Waals surface area contributed by atoms with Crippen LogP contribution >= 0.6 is 11.6 Å². The molecule has 0 bridgehead atoms. The van der Waals surface area contributed by atoms with Crippen LogP contribution in [0.1, 0.15) is 28.4 Å². The molecule has 2 aromatic carbocycles. The van der Waals surface area contributed by atoms with Gasteiger partial charge in [0.15, 0.2) is 29.8 Å². The Bertz CT molecular complexity index is 1430. The Morgan fingerprint density at radius 3 is 2.83 bits per heavy atom. The lowest BCUT2D eigenvalue weighted by atomic mass is 10.0. The molecule has 10 nitrogen and oxygen atoms in total. The summed E-state index contributed by atoms with van der Waals surface area (Å²) in [4.78, 5) is 25.6. The predicted molar refractivity (Wildman–Crippen MR) is 152 cm³/mol. The van der Waals surface area contributed by atoms with Crippen LogP contribution in [0.3, 0.4) is 0 Å². The Balaban J connectivity index is 1.19. The highest BCUT2D eigenvalue weighted by Crippen LogP contribution is 2.34. The fraction of sp³-hybridized carbons (Fsp3) is 0.357. The molecular formula is C28H29ClF2N8O2. The van der Waals surface area contributed by atoms with E-state index in [0.717, 1.165) is 39.1 Å². The van der Waals surface area contributed by atoms with E-state index in [0.29, 0.717) is 29.5 Å². The number of nitriles is 1. The van der Waals surface area contributed by atoms with Gasteiger partial charge in [-0.15, -0.1) is 0 Å². The third kappa shape index (κ3) is 6.48. The van der Waals surface area contributed by atoms with Crippen LogP contribution in [0.25, 0.3) is 0 Å². The van der Waals surface area contributed by atoms with Crippen LogP contribution in [0.2, 0.25) is 5.02 Å². The maximum Gasteiger partial charge on any atom is 0.252 e. The second-order valence-electron chi connectivity index (χ2n) is 9.61. The summed E-state index contributed by atoms with van der Waals surface area (Å²) >= 11 is 6.45. The molecule has 0 aromatic heterocycles. The minimum Gasteiger partial charge on any atom is -0.476 e. The number of ether oxygens (including phenoxy) is 1. The van der Waals surface area contributed by atoms with Crippen LogP contribution in [-0.4, -0.2) is 79.8 Å². The predicted octanol–water partition coefficient (Wildman–Crippen LogP) is 3.30. The van der Waals surface area contributed by atoms with Crippen molar-refractivity contribution in [3.05, 3.63) is 70.5 Å².